The van der Waals surface area contributed by atoms with Crippen LogP contribution in [0.1, 0.15) is 22.5 Å². The van der Waals surface area contributed by atoms with Crippen molar-refractivity contribution in [1.82, 2.24) is 9.38 Å². The molecule has 134 valence electrons. The van der Waals surface area contributed by atoms with Crippen LogP contribution in [0.15, 0.2) is 36.5 Å². The van der Waals surface area contributed by atoms with E-state index < -0.39 is 0 Å². The van der Waals surface area contributed by atoms with E-state index >= 15 is 0 Å². The molecule has 1 N–H and O–H groups in total. The summed E-state index contributed by atoms with van der Waals surface area (Å²) in [4.78, 5) is 18.4. The molecule has 0 unspecified atom stereocenters. The number of nitrogens with one attached hydrogen (secondary N) is 1. The zero-order valence-corrected chi connectivity index (χ0v) is 15.2. The quantitative estimate of drug-likeness (QED) is 0.777. The minimum atomic E-state index is -0.279. The van der Waals surface area contributed by atoms with Gasteiger partial charge >= 0.3 is 6.09 Å². The number of ether oxygens (including phenoxy) is 1. The van der Waals surface area contributed by atoms with Crippen molar-refractivity contribution >= 4 is 23.1 Å². The van der Waals surface area contributed by atoms with Crippen LogP contribution in [0.2, 0.25) is 0 Å². The van der Waals surface area contributed by atoms with Crippen molar-refractivity contribution in [3.8, 4) is 0 Å². The Hall–Kier alpha value is -3.02. The highest BCUT2D eigenvalue weighted by Gasteiger charge is 2.26. The van der Waals surface area contributed by atoms with E-state index in [2.05, 4.69) is 34.6 Å². The molecule has 3 heterocycles. The van der Waals surface area contributed by atoms with Gasteiger partial charge in [0, 0.05) is 18.4 Å². The number of carbonyl (C=O) groups is 1. The fourth-order valence-electron chi connectivity index (χ4n) is 3.40. The average molecular weight is 350 g/mol. The molecule has 2 aromatic heterocycles. The molecule has 1 amide bonds. The third kappa shape index (κ3) is 2.67. The monoisotopic (exact) mass is 350 g/mol. The lowest BCUT2D eigenvalue weighted by atomic mass is 10.1. The number of amides is 1. The smallest absolute Gasteiger partial charge is 0.414 e. The van der Waals surface area contributed by atoms with Crippen molar-refractivity contribution < 1.29 is 9.53 Å². The minimum Gasteiger partial charge on any atom is -0.447 e. The fourth-order valence-corrected chi connectivity index (χ4v) is 3.40. The molecule has 6 heteroatoms. The molecule has 1 aliphatic rings. The van der Waals surface area contributed by atoms with E-state index in [-0.39, 0.29) is 6.09 Å². The number of aromatic nitrogens is 2. The van der Waals surface area contributed by atoms with Crippen molar-refractivity contribution in [3.63, 3.8) is 0 Å². The Balaban J connectivity index is 1.67. The Kier molecular flexibility index (Phi) is 4.03. The van der Waals surface area contributed by atoms with Gasteiger partial charge in [-0.05, 0) is 50.1 Å². The Morgan fingerprint density at radius 3 is 2.81 bits per heavy atom. The maximum Gasteiger partial charge on any atom is 0.414 e. The van der Waals surface area contributed by atoms with Gasteiger partial charge in [-0.1, -0.05) is 12.1 Å². The van der Waals surface area contributed by atoms with Gasteiger partial charge in [-0.3, -0.25) is 4.90 Å². The van der Waals surface area contributed by atoms with Crippen LogP contribution in [0.3, 0.4) is 0 Å². The topological polar surface area (TPSA) is 58.9 Å². The third-order valence-electron chi connectivity index (χ3n) is 5.02. The molecule has 0 radical (unpaired) electrons. The summed E-state index contributed by atoms with van der Waals surface area (Å²) in [7, 11) is 0. The first-order chi connectivity index (χ1) is 12.6. The van der Waals surface area contributed by atoms with Gasteiger partial charge < -0.3 is 14.5 Å². The molecular weight excluding hydrogens is 328 g/mol. The predicted molar refractivity (Wildman–Crippen MR) is 102 cm³/mol. The first-order valence-electron chi connectivity index (χ1n) is 8.77. The highest BCUT2D eigenvalue weighted by molar-refractivity contribution is 5.90. The van der Waals surface area contributed by atoms with Gasteiger partial charge in [0.2, 0.25) is 0 Å². The highest BCUT2D eigenvalue weighted by Crippen LogP contribution is 2.28. The number of rotatable bonds is 4. The number of benzene rings is 1. The van der Waals surface area contributed by atoms with Crippen molar-refractivity contribution in [2.45, 2.75) is 27.3 Å². The average Bonchev–Trinajstić information content (AvgIpc) is 3.18. The van der Waals surface area contributed by atoms with E-state index in [0.717, 1.165) is 39.5 Å². The summed E-state index contributed by atoms with van der Waals surface area (Å²) in [5, 5.41) is 3.50. The molecule has 1 aromatic carbocycles. The first-order valence-corrected chi connectivity index (χ1v) is 8.77. The lowest BCUT2D eigenvalue weighted by molar-refractivity contribution is 0.181. The van der Waals surface area contributed by atoms with Crippen LogP contribution in [-0.4, -0.2) is 28.6 Å². The number of anilines is 2. The van der Waals surface area contributed by atoms with Gasteiger partial charge in [-0.2, -0.15) is 0 Å². The molecule has 0 saturated carbocycles. The van der Waals surface area contributed by atoms with Crippen molar-refractivity contribution in [3.05, 3.63) is 59.0 Å². The number of aryl methyl sites for hydroxylation is 3. The second-order valence-corrected chi connectivity index (χ2v) is 6.59. The normalized spacial score (nSPS) is 14.1. The van der Waals surface area contributed by atoms with Crippen LogP contribution in [0, 0.1) is 20.8 Å². The number of fused-ring (bicyclic) bond motifs is 1. The molecule has 1 fully saturated rings. The number of carbonyl (C=O) groups excluding carboxylic acids is 1. The molecule has 0 bridgehead atoms. The summed E-state index contributed by atoms with van der Waals surface area (Å²) in [6.07, 6.45) is 1.74. The molecule has 3 aromatic rings. The molecule has 1 saturated heterocycles. The molecule has 0 aliphatic carbocycles. The number of cyclic esters (lactones) is 1. The Morgan fingerprint density at radius 1 is 1.19 bits per heavy atom. The zero-order valence-electron chi connectivity index (χ0n) is 15.2. The summed E-state index contributed by atoms with van der Waals surface area (Å²) in [5.74, 6) is 0. The Labute approximate surface area is 152 Å². The van der Waals surface area contributed by atoms with Crippen LogP contribution in [0.25, 0.3) is 5.65 Å². The summed E-state index contributed by atoms with van der Waals surface area (Å²) in [6.45, 7) is 7.78. The molecule has 0 spiro atoms. The summed E-state index contributed by atoms with van der Waals surface area (Å²) < 4.78 is 7.20. The second-order valence-electron chi connectivity index (χ2n) is 6.59. The SMILES string of the molecule is Cc1cccc(N2CCOC2=O)c1CNc1cccn2c(C)c(C)nc12. The maximum atomic E-state index is 12.0. The number of imidazole rings is 1. The van der Waals surface area contributed by atoms with E-state index in [1.807, 2.05) is 37.4 Å². The van der Waals surface area contributed by atoms with Crippen LogP contribution in [0.5, 0.6) is 0 Å². The van der Waals surface area contributed by atoms with Gasteiger partial charge in [-0.15, -0.1) is 0 Å². The lowest BCUT2D eigenvalue weighted by Gasteiger charge is -2.20. The summed E-state index contributed by atoms with van der Waals surface area (Å²) in [5.41, 5.74) is 7.18. The largest absolute Gasteiger partial charge is 0.447 e. The van der Waals surface area contributed by atoms with E-state index in [1.54, 1.807) is 4.90 Å². The molecule has 4 rings (SSSR count). The number of hydrogen-bond donors (Lipinski definition) is 1. The van der Waals surface area contributed by atoms with Crippen LogP contribution in [-0.2, 0) is 11.3 Å². The van der Waals surface area contributed by atoms with Gasteiger partial charge in [0.15, 0.2) is 5.65 Å². The van der Waals surface area contributed by atoms with Gasteiger partial charge in [-0.25, -0.2) is 9.78 Å². The van der Waals surface area contributed by atoms with Crippen LogP contribution >= 0.6 is 0 Å². The third-order valence-corrected chi connectivity index (χ3v) is 5.02. The van der Waals surface area contributed by atoms with Crippen molar-refractivity contribution in [2.75, 3.05) is 23.4 Å². The van der Waals surface area contributed by atoms with Crippen LogP contribution in [0.4, 0.5) is 16.2 Å². The molecule has 6 nitrogen and oxygen atoms in total. The van der Waals surface area contributed by atoms with Crippen molar-refractivity contribution in [1.29, 1.82) is 0 Å². The fraction of sp³-hybridized carbons (Fsp3) is 0.300. The van der Waals surface area contributed by atoms with Gasteiger partial charge in [0.1, 0.15) is 6.61 Å². The highest BCUT2D eigenvalue weighted by atomic mass is 16.6. The van der Waals surface area contributed by atoms with E-state index in [0.29, 0.717) is 19.7 Å². The number of nitrogens with zero attached hydrogens (tertiary/aromatic N) is 3. The van der Waals surface area contributed by atoms with Gasteiger partial charge in [0.05, 0.1) is 23.6 Å². The molecule has 26 heavy (non-hydrogen) atoms. The number of hydrogen-bond acceptors (Lipinski definition) is 4. The first kappa shape index (κ1) is 16.4. The Morgan fingerprint density at radius 2 is 2.04 bits per heavy atom. The lowest BCUT2D eigenvalue weighted by Crippen LogP contribution is -2.25. The molecule has 0 atom stereocenters. The van der Waals surface area contributed by atoms with E-state index in [4.69, 9.17) is 4.74 Å². The number of pyridine rings is 1. The zero-order chi connectivity index (χ0) is 18.3. The molecular formula is C20H22N4O2. The second kappa shape index (κ2) is 6.37. The predicted octanol–water partition coefficient (Wildman–Crippen LogP) is 3.83. The minimum absolute atomic E-state index is 0.279. The van der Waals surface area contributed by atoms with E-state index in [9.17, 15) is 4.79 Å². The van der Waals surface area contributed by atoms with E-state index in [1.165, 1.54) is 0 Å². The standard InChI is InChI=1S/C20H22N4O2/c1-13-6-4-8-18(24-10-11-26-20(24)25)16(13)12-21-17-7-5-9-23-15(3)14(2)22-19(17)23/h4-9,21H,10-12H2,1-3H3. The Bertz CT molecular complexity index is 993. The summed E-state index contributed by atoms with van der Waals surface area (Å²) in [6, 6.07) is 10.1. The maximum absolute atomic E-state index is 12.0. The van der Waals surface area contributed by atoms with Crippen LogP contribution < -0.4 is 10.2 Å². The van der Waals surface area contributed by atoms with Gasteiger partial charge in [0.25, 0.3) is 0 Å². The molecule has 1 aliphatic heterocycles. The van der Waals surface area contributed by atoms with Crippen molar-refractivity contribution in [2.24, 2.45) is 0 Å². The summed E-state index contributed by atoms with van der Waals surface area (Å²) >= 11 is 0.